The molecule has 0 aliphatic heterocycles. The molecule has 6 heteroatoms. The number of para-hydroxylation sites is 1. The highest BCUT2D eigenvalue weighted by atomic mass is 16.5. The maximum absolute atomic E-state index is 12.7. The van der Waals surface area contributed by atoms with Gasteiger partial charge in [0.2, 0.25) is 0 Å². The Morgan fingerprint density at radius 2 is 1.69 bits per heavy atom. The molecule has 2 heterocycles. The van der Waals surface area contributed by atoms with E-state index in [1.165, 1.54) is 4.68 Å². The Kier molecular flexibility index (Phi) is 4.07. The number of aryl methyl sites for hydroxylation is 1. The zero-order valence-electron chi connectivity index (χ0n) is 14.1. The highest BCUT2D eigenvalue weighted by Crippen LogP contribution is 2.34. The van der Waals surface area contributed by atoms with Crippen molar-refractivity contribution in [1.82, 2.24) is 14.9 Å². The van der Waals surface area contributed by atoms with Crippen LogP contribution >= 0.6 is 0 Å². The molecule has 0 radical (unpaired) electrons. The monoisotopic (exact) mass is 344 g/mol. The molecule has 2 aromatic carbocycles. The van der Waals surface area contributed by atoms with Gasteiger partial charge in [0.05, 0.1) is 17.5 Å². The van der Waals surface area contributed by atoms with Gasteiger partial charge in [0.25, 0.3) is 0 Å². The predicted octanol–water partition coefficient (Wildman–Crippen LogP) is 4.59. The van der Waals surface area contributed by atoms with Crippen molar-refractivity contribution in [2.75, 3.05) is 5.32 Å². The van der Waals surface area contributed by atoms with Crippen molar-refractivity contribution < 1.29 is 9.32 Å². The van der Waals surface area contributed by atoms with Gasteiger partial charge in [-0.15, -0.1) is 0 Å². The van der Waals surface area contributed by atoms with E-state index in [0.29, 0.717) is 22.8 Å². The second-order valence-corrected chi connectivity index (χ2v) is 5.75. The maximum Gasteiger partial charge on any atom is 0.347 e. The predicted molar refractivity (Wildman–Crippen MR) is 98.8 cm³/mol. The number of nitrogens with one attached hydrogen (secondary N) is 1. The molecule has 0 saturated carbocycles. The van der Waals surface area contributed by atoms with Crippen molar-refractivity contribution in [1.29, 1.82) is 0 Å². The molecule has 0 aliphatic rings. The van der Waals surface area contributed by atoms with Crippen LogP contribution in [-0.2, 0) is 0 Å². The van der Waals surface area contributed by atoms with Crippen LogP contribution in [0.1, 0.15) is 5.76 Å². The van der Waals surface area contributed by atoms with Crippen molar-refractivity contribution in [3.8, 4) is 22.5 Å². The van der Waals surface area contributed by atoms with E-state index in [4.69, 9.17) is 4.52 Å². The number of amides is 1. The molecule has 4 rings (SSSR count). The summed E-state index contributed by atoms with van der Waals surface area (Å²) in [6, 6.07) is 20.4. The van der Waals surface area contributed by atoms with Gasteiger partial charge in [-0.1, -0.05) is 53.7 Å². The summed E-state index contributed by atoms with van der Waals surface area (Å²) >= 11 is 0. The summed E-state index contributed by atoms with van der Waals surface area (Å²) in [6.07, 6.45) is 1.58. The summed E-state index contributed by atoms with van der Waals surface area (Å²) in [7, 11) is 0. The fourth-order valence-corrected chi connectivity index (χ4v) is 2.82. The number of hydrogen-bond donors (Lipinski definition) is 1. The standard InChI is InChI=1S/C20H16N4O2/c1-14-18(19(23-26-14)15-8-4-2-5-9-15)17-12-13-21-24(17)20(25)22-16-10-6-3-7-11-16/h2-13H,1H3,(H,22,25). The number of rotatable bonds is 3. The van der Waals surface area contributed by atoms with Crippen LogP contribution in [0, 0.1) is 6.92 Å². The van der Waals surface area contributed by atoms with Crippen molar-refractivity contribution >= 4 is 11.7 Å². The molecule has 128 valence electrons. The molecule has 1 N–H and O–H groups in total. The molecule has 0 spiro atoms. The lowest BCUT2D eigenvalue weighted by atomic mass is 10.0. The van der Waals surface area contributed by atoms with Crippen molar-refractivity contribution in [3.05, 3.63) is 78.7 Å². The third kappa shape index (κ3) is 2.88. The van der Waals surface area contributed by atoms with Crippen LogP contribution in [0.5, 0.6) is 0 Å². The van der Waals surface area contributed by atoms with E-state index < -0.39 is 0 Å². The van der Waals surface area contributed by atoms with Gasteiger partial charge in [0.15, 0.2) is 0 Å². The number of carbonyl (C=O) groups excluding carboxylic acids is 1. The molecule has 2 aromatic heterocycles. The van der Waals surface area contributed by atoms with E-state index in [1.807, 2.05) is 67.6 Å². The highest BCUT2D eigenvalue weighted by molar-refractivity contribution is 5.94. The second kappa shape index (κ2) is 6.68. The Morgan fingerprint density at radius 1 is 1.00 bits per heavy atom. The molecule has 0 saturated heterocycles. The van der Waals surface area contributed by atoms with E-state index in [-0.39, 0.29) is 6.03 Å². The maximum atomic E-state index is 12.7. The van der Waals surface area contributed by atoms with Crippen molar-refractivity contribution in [2.24, 2.45) is 0 Å². The first-order chi connectivity index (χ1) is 12.7. The number of benzene rings is 2. The Labute approximate surface area is 150 Å². The van der Waals surface area contributed by atoms with Gasteiger partial charge in [-0.05, 0) is 25.1 Å². The first-order valence-electron chi connectivity index (χ1n) is 8.16. The summed E-state index contributed by atoms with van der Waals surface area (Å²) in [5, 5.41) is 11.2. The number of hydrogen-bond acceptors (Lipinski definition) is 4. The van der Waals surface area contributed by atoms with Gasteiger partial charge in [0, 0.05) is 11.3 Å². The fraction of sp³-hybridized carbons (Fsp3) is 0.0500. The summed E-state index contributed by atoms with van der Waals surface area (Å²) in [4.78, 5) is 12.7. The molecule has 0 atom stereocenters. The van der Waals surface area contributed by atoms with Crippen LogP contribution < -0.4 is 5.32 Å². The Balaban J connectivity index is 1.74. The largest absolute Gasteiger partial charge is 0.360 e. The first kappa shape index (κ1) is 15.8. The molecular formula is C20H16N4O2. The number of nitrogens with zero attached hydrogens (tertiary/aromatic N) is 3. The average molecular weight is 344 g/mol. The van der Waals surface area contributed by atoms with E-state index >= 15 is 0 Å². The van der Waals surface area contributed by atoms with Crippen molar-refractivity contribution in [2.45, 2.75) is 6.92 Å². The van der Waals surface area contributed by atoms with Crippen LogP contribution in [0.25, 0.3) is 22.5 Å². The van der Waals surface area contributed by atoms with Crippen LogP contribution in [0.15, 0.2) is 77.4 Å². The van der Waals surface area contributed by atoms with Crippen LogP contribution in [-0.4, -0.2) is 21.0 Å². The molecule has 0 aliphatic carbocycles. The van der Waals surface area contributed by atoms with Crippen LogP contribution in [0.3, 0.4) is 0 Å². The van der Waals surface area contributed by atoms with E-state index in [9.17, 15) is 4.79 Å². The van der Waals surface area contributed by atoms with E-state index in [0.717, 1.165) is 11.1 Å². The van der Waals surface area contributed by atoms with E-state index in [2.05, 4.69) is 15.6 Å². The third-order valence-electron chi connectivity index (χ3n) is 4.03. The zero-order valence-corrected chi connectivity index (χ0v) is 14.1. The Hall–Kier alpha value is -3.67. The summed E-state index contributed by atoms with van der Waals surface area (Å²) in [5.74, 6) is 0.623. The highest BCUT2D eigenvalue weighted by Gasteiger charge is 2.22. The minimum atomic E-state index is -0.351. The minimum Gasteiger partial charge on any atom is -0.360 e. The molecule has 0 unspecified atom stereocenters. The lowest BCUT2D eigenvalue weighted by molar-refractivity contribution is 0.251. The molecule has 6 nitrogen and oxygen atoms in total. The molecule has 26 heavy (non-hydrogen) atoms. The van der Waals surface area contributed by atoms with Gasteiger partial charge in [-0.25, -0.2) is 4.79 Å². The average Bonchev–Trinajstić information content (AvgIpc) is 3.29. The lowest BCUT2D eigenvalue weighted by Crippen LogP contribution is -2.21. The lowest BCUT2D eigenvalue weighted by Gasteiger charge is -2.09. The Bertz CT molecular complexity index is 1040. The van der Waals surface area contributed by atoms with Crippen LogP contribution in [0.2, 0.25) is 0 Å². The Morgan fingerprint density at radius 3 is 2.42 bits per heavy atom. The quantitative estimate of drug-likeness (QED) is 0.590. The van der Waals surface area contributed by atoms with Gasteiger partial charge in [0.1, 0.15) is 11.5 Å². The first-order valence-corrected chi connectivity index (χ1v) is 8.16. The number of aromatic nitrogens is 3. The number of carbonyl (C=O) groups is 1. The third-order valence-corrected chi connectivity index (χ3v) is 4.03. The normalized spacial score (nSPS) is 10.7. The zero-order chi connectivity index (χ0) is 17.9. The van der Waals surface area contributed by atoms with E-state index in [1.54, 1.807) is 12.3 Å². The summed E-state index contributed by atoms with van der Waals surface area (Å²) < 4.78 is 6.72. The molecule has 1 amide bonds. The fourth-order valence-electron chi connectivity index (χ4n) is 2.82. The smallest absolute Gasteiger partial charge is 0.347 e. The molecule has 0 bridgehead atoms. The van der Waals surface area contributed by atoms with Crippen LogP contribution in [0.4, 0.5) is 10.5 Å². The SMILES string of the molecule is Cc1onc(-c2ccccc2)c1-c1ccnn1C(=O)Nc1ccccc1. The molecule has 4 aromatic rings. The summed E-state index contributed by atoms with van der Waals surface area (Å²) in [5.41, 5.74) is 3.66. The number of anilines is 1. The minimum absolute atomic E-state index is 0.351. The van der Waals surface area contributed by atoms with Gasteiger partial charge >= 0.3 is 6.03 Å². The molecular weight excluding hydrogens is 328 g/mol. The summed E-state index contributed by atoms with van der Waals surface area (Å²) in [6.45, 7) is 1.82. The van der Waals surface area contributed by atoms with Gasteiger partial charge < -0.3 is 9.84 Å². The van der Waals surface area contributed by atoms with Gasteiger partial charge in [-0.3, -0.25) is 0 Å². The van der Waals surface area contributed by atoms with Gasteiger partial charge in [-0.2, -0.15) is 9.78 Å². The van der Waals surface area contributed by atoms with Crippen molar-refractivity contribution in [3.63, 3.8) is 0 Å². The molecule has 0 fully saturated rings. The second-order valence-electron chi connectivity index (χ2n) is 5.75. The topological polar surface area (TPSA) is 73.0 Å².